The molecule has 1 rings (SSSR count). The van der Waals surface area contributed by atoms with E-state index in [0.29, 0.717) is 0 Å². The second-order valence-electron chi connectivity index (χ2n) is 4.91. The van der Waals surface area contributed by atoms with Crippen molar-refractivity contribution in [2.45, 2.75) is 45.3 Å². The minimum absolute atomic E-state index is 0.153. The zero-order valence-corrected chi connectivity index (χ0v) is 10.9. The van der Waals surface area contributed by atoms with Crippen LogP contribution in [0, 0.1) is 5.92 Å². The molecule has 0 heterocycles. The highest BCUT2D eigenvalue weighted by Gasteiger charge is 2.39. The van der Waals surface area contributed by atoms with Crippen molar-refractivity contribution in [1.82, 2.24) is 0 Å². The first-order valence-electron chi connectivity index (χ1n) is 5.84. The van der Waals surface area contributed by atoms with Crippen LogP contribution in [0.5, 0.6) is 0 Å². The van der Waals surface area contributed by atoms with Crippen molar-refractivity contribution in [3.63, 3.8) is 0 Å². The number of ketones is 1. The summed E-state index contributed by atoms with van der Waals surface area (Å²) in [6.07, 6.45) is 2.83. The number of carbonyl (C=O) groups excluding carboxylic acids is 3. The van der Waals surface area contributed by atoms with Crippen LogP contribution in [0.25, 0.3) is 0 Å². The summed E-state index contributed by atoms with van der Waals surface area (Å²) in [4.78, 5) is 34.9. The molecule has 100 valence electrons. The highest BCUT2D eigenvalue weighted by Crippen LogP contribution is 2.25. The number of esters is 2. The molecule has 1 unspecified atom stereocenters. The maximum atomic E-state index is 11.8. The van der Waals surface area contributed by atoms with Crippen LogP contribution < -0.4 is 0 Å². The van der Waals surface area contributed by atoms with Crippen LogP contribution >= 0.6 is 0 Å². The quantitative estimate of drug-likeness (QED) is 0.407. The van der Waals surface area contributed by atoms with Crippen molar-refractivity contribution >= 4 is 17.7 Å². The Balaban J connectivity index is 2.71. The fourth-order valence-corrected chi connectivity index (χ4v) is 1.21. The van der Waals surface area contributed by atoms with Crippen molar-refractivity contribution in [3.05, 3.63) is 12.7 Å². The second-order valence-corrected chi connectivity index (χ2v) is 4.91. The number of hydrogen-bond acceptors (Lipinski definition) is 5. The summed E-state index contributed by atoms with van der Waals surface area (Å²) < 4.78 is 10.0. The molecule has 18 heavy (non-hydrogen) atoms. The Morgan fingerprint density at radius 3 is 2.22 bits per heavy atom. The molecule has 1 atom stereocenters. The molecule has 1 aliphatic carbocycles. The topological polar surface area (TPSA) is 69.7 Å². The number of Topliss-reactive ketones (excluding diaryl/α,β-unsaturated/α-hetero) is 1. The fourth-order valence-electron chi connectivity index (χ4n) is 1.21. The van der Waals surface area contributed by atoms with Gasteiger partial charge in [0.1, 0.15) is 11.7 Å². The maximum absolute atomic E-state index is 11.8. The highest BCUT2D eigenvalue weighted by molar-refractivity contribution is 6.14. The summed E-state index contributed by atoms with van der Waals surface area (Å²) in [5.74, 6) is -3.79. The molecule has 1 aliphatic rings. The molecule has 5 nitrogen and oxygen atoms in total. The third kappa shape index (κ3) is 3.98. The van der Waals surface area contributed by atoms with Crippen LogP contribution in [0.15, 0.2) is 12.7 Å². The number of rotatable bonds is 6. The van der Waals surface area contributed by atoms with E-state index < -0.39 is 29.2 Å². The normalized spacial score (nSPS) is 16.6. The van der Waals surface area contributed by atoms with Crippen molar-refractivity contribution in [3.8, 4) is 0 Å². The predicted octanol–water partition coefficient (Wildman–Crippen LogP) is 1.40. The van der Waals surface area contributed by atoms with Crippen LogP contribution in [-0.2, 0) is 23.9 Å². The largest absolute Gasteiger partial charge is 0.461 e. The number of ether oxygens (including phenoxy) is 2. The Labute approximate surface area is 106 Å². The van der Waals surface area contributed by atoms with E-state index in [0.717, 1.165) is 12.8 Å². The molecular weight excluding hydrogens is 236 g/mol. The summed E-state index contributed by atoms with van der Waals surface area (Å²) in [7, 11) is 0. The van der Waals surface area contributed by atoms with Gasteiger partial charge >= 0.3 is 11.9 Å². The second kappa shape index (κ2) is 5.33. The fraction of sp³-hybridized carbons (Fsp3) is 0.615. The lowest BCUT2D eigenvalue weighted by atomic mass is 10.0. The van der Waals surface area contributed by atoms with Gasteiger partial charge in [0, 0.05) is 0 Å². The standard InChI is InChI=1S/C13H18O5/c1-5-13(3,4)18-12(16)10(8(2)14)11(15)17-9-6-7-9/h5,9-10H,1,6-7H2,2-4H3. The lowest BCUT2D eigenvalue weighted by molar-refractivity contribution is -0.169. The lowest BCUT2D eigenvalue weighted by Gasteiger charge is -2.23. The number of hydrogen-bond donors (Lipinski definition) is 0. The van der Waals surface area contributed by atoms with E-state index in [-0.39, 0.29) is 6.10 Å². The third-order valence-corrected chi connectivity index (χ3v) is 2.54. The van der Waals surface area contributed by atoms with Crippen LogP contribution in [-0.4, -0.2) is 29.4 Å². The molecule has 0 aromatic heterocycles. The zero-order valence-electron chi connectivity index (χ0n) is 10.9. The van der Waals surface area contributed by atoms with Crippen molar-refractivity contribution < 1.29 is 23.9 Å². The van der Waals surface area contributed by atoms with E-state index in [4.69, 9.17) is 9.47 Å². The van der Waals surface area contributed by atoms with E-state index >= 15 is 0 Å². The summed E-state index contributed by atoms with van der Waals surface area (Å²) in [5.41, 5.74) is -0.926. The van der Waals surface area contributed by atoms with Crippen LogP contribution in [0.4, 0.5) is 0 Å². The van der Waals surface area contributed by atoms with Gasteiger partial charge in [0.25, 0.3) is 0 Å². The van der Waals surface area contributed by atoms with Gasteiger partial charge in [-0.3, -0.25) is 14.4 Å². The first kappa shape index (κ1) is 14.4. The van der Waals surface area contributed by atoms with E-state index in [1.807, 2.05) is 0 Å². The van der Waals surface area contributed by atoms with Gasteiger partial charge in [-0.1, -0.05) is 6.58 Å². The summed E-state index contributed by atoms with van der Waals surface area (Å²) in [5, 5.41) is 0. The summed E-state index contributed by atoms with van der Waals surface area (Å²) >= 11 is 0. The van der Waals surface area contributed by atoms with Crippen LogP contribution in [0.2, 0.25) is 0 Å². The first-order valence-corrected chi connectivity index (χ1v) is 5.84. The van der Waals surface area contributed by atoms with Gasteiger partial charge in [0.15, 0.2) is 5.78 Å². The molecule has 0 aliphatic heterocycles. The molecule has 0 amide bonds. The molecule has 0 saturated heterocycles. The molecule has 0 spiro atoms. The van der Waals surface area contributed by atoms with Crippen LogP contribution in [0.1, 0.15) is 33.6 Å². The molecule has 5 heteroatoms. The predicted molar refractivity (Wildman–Crippen MR) is 63.7 cm³/mol. The van der Waals surface area contributed by atoms with Crippen LogP contribution in [0.3, 0.4) is 0 Å². The van der Waals surface area contributed by atoms with Crippen molar-refractivity contribution in [2.75, 3.05) is 0 Å². The average Bonchev–Trinajstić information content (AvgIpc) is 3.00. The van der Waals surface area contributed by atoms with Gasteiger partial charge in [-0.25, -0.2) is 0 Å². The Morgan fingerprint density at radius 1 is 1.28 bits per heavy atom. The Hall–Kier alpha value is -1.65. The van der Waals surface area contributed by atoms with Gasteiger partial charge in [-0.05, 0) is 39.7 Å². The summed E-state index contributed by atoms with van der Waals surface area (Å²) in [6, 6.07) is 0. The lowest BCUT2D eigenvalue weighted by Crippen LogP contribution is -2.38. The Bertz CT molecular complexity index is 379. The minimum Gasteiger partial charge on any atom is -0.461 e. The van der Waals surface area contributed by atoms with E-state index in [2.05, 4.69) is 6.58 Å². The molecular formula is C13H18O5. The molecule has 0 radical (unpaired) electrons. The molecule has 1 saturated carbocycles. The molecule has 1 fully saturated rings. The summed E-state index contributed by atoms with van der Waals surface area (Å²) in [6.45, 7) is 7.91. The zero-order chi connectivity index (χ0) is 13.9. The minimum atomic E-state index is -1.50. The smallest absolute Gasteiger partial charge is 0.328 e. The van der Waals surface area contributed by atoms with E-state index in [9.17, 15) is 14.4 Å². The Morgan fingerprint density at radius 2 is 1.83 bits per heavy atom. The van der Waals surface area contributed by atoms with Gasteiger partial charge in [0.2, 0.25) is 5.92 Å². The van der Waals surface area contributed by atoms with Crippen molar-refractivity contribution in [1.29, 1.82) is 0 Å². The molecule has 0 aromatic carbocycles. The van der Waals surface area contributed by atoms with E-state index in [1.165, 1.54) is 13.0 Å². The first-order chi connectivity index (χ1) is 8.26. The highest BCUT2D eigenvalue weighted by atomic mass is 16.6. The van der Waals surface area contributed by atoms with Gasteiger partial charge in [0.05, 0.1) is 0 Å². The SMILES string of the molecule is C=CC(C)(C)OC(=O)C(C(C)=O)C(=O)OC1CC1. The number of carbonyl (C=O) groups is 3. The van der Waals surface area contributed by atoms with Gasteiger partial charge < -0.3 is 9.47 Å². The monoisotopic (exact) mass is 254 g/mol. The van der Waals surface area contributed by atoms with Gasteiger partial charge in [-0.2, -0.15) is 0 Å². The van der Waals surface area contributed by atoms with E-state index in [1.54, 1.807) is 13.8 Å². The molecule has 0 aromatic rings. The van der Waals surface area contributed by atoms with Gasteiger partial charge in [-0.15, -0.1) is 0 Å². The average molecular weight is 254 g/mol. The van der Waals surface area contributed by atoms with Crippen molar-refractivity contribution in [2.24, 2.45) is 5.92 Å². The molecule has 0 bridgehead atoms. The molecule has 0 N–H and O–H groups in total. The Kier molecular flexibility index (Phi) is 4.27. The maximum Gasteiger partial charge on any atom is 0.328 e. The third-order valence-electron chi connectivity index (χ3n) is 2.54.